The first-order chi connectivity index (χ1) is 10.2. The second-order valence-corrected chi connectivity index (χ2v) is 6.60. The Morgan fingerprint density at radius 3 is 2.71 bits per heavy atom. The summed E-state index contributed by atoms with van der Waals surface area (Å²) >= 11 is 6.02. The molecule has 4 heteroatoms. The minimum Gasteiger partial charge on any atom is -0.492 e. The molecule has 3 rings (SSSR count). The van der Waals surface area contributed by atoms with Crippen LogP contribution >= 0.6 is 11.6 Å². The molecular weight excluding hydrogens is 286 g/mol. The van der Waals surface area contributed by atoms with E-state index in [0.717, 1.165) is 24.2 Å². The van der Waals surface area contributed by atoms with E-state index in [-0.39, 0.29) is 11.8 Å². The molecule has 1 N–H and O–H groups in total. The molecule has 0 bridgehead atoms. The van der Waals surface area contributed by atoms with Gasteiger partial charge in [0.2, 0.25) is 5.91 Å². The van der Waals surface area contributed by atoms with Crippen LogP contribution in [-0.4, -0.2) is 18.6 Å². The number of nitrogens with one attached hydrogen (secondary N) is 1. The van der Waals surface area contributed by atoms with Gasteiger partial charge in [-0.05, 0) is 43.0 Å². The lowest BCUT2D eigenvalue weighted by Gasteiger charge is -2.26. The number of carbonyl (C=O) groups excluding carboxylic acids is 1. The van der Waals surface area contributed by atoms with Crippen LogP contribution in [0, 0.1) is 5.92 Å². The second kappa shape index (κ2) is 6.69. The summed E-state index contributed by atoms with van der Waals surface area (Å²) in [6.07, 6.45) is 7.99. The first-order valence-electron chi connectivity index (χ1n) is 7.94. The maximum Gasteiger partial charge on any atom is 0.227 e. The topological polar surface area (TPSA) is 38.3 Å². The van der Waals surface area contributed by atoms with Crippen molar-refractivity contribution >= 4 is 17.5 Å². The van der Waals surface area contributed by atoms with E-state index >= 15 is 0 Å². The fourth-order valence-corrected chi connectivity index (χ4v) is 3.47. The summed E-state index contributed by atoms with van der Waals surface area (Å²) in [7, 11) is 0. The first kappa shape index (κ1) is 14.7. The Balaban J connectivity index is 1.61. The summed E-state index contributed by atoms with van der Waals surface area (Å²) in [4.78, 5) is 12.4. The van der Waals surface area contributed by atoms with Gasteiger partial charge in [0.25, 0.3) is 0 Å². The number of ether oxygens (including phenoxy) is 1. The van der Waals surface area contributed by atoms with Crippen LogP contribution in [0.5, 0.6) is 5.75 Å². The SMILES string of the molecule is O=C(NC1CCCCCC1)C1COc2ccc(Cl)cc2C1. The Morgan fingerprint density at radius 1 is 1.19 bits per heavy atom. The molecule has 0 spiro atoms. The highest BCUT2D eigenvalue weighted by molar-refractivity contribution is 6.30. The Morgan fingerprint density at radius 2 is 1.95 bits per heavy atom. The monoisotopic (exact) mass is 307 g/mol. The molecule has 0 saturated heterocycles. The normalized spacial score (nSPS) is 22.8. The quantitative estimate of drug-likeness (QED) is 0.846. The van der Waals surface area contributed by atoms with Crippen LogP contribution in [0.4, 0.5) is 0 Å². The predicted octanol–water partition coefficient (Wildman–Crippen LogP) is 3.73. The molecule has 0 aromatic heterocycles. The third-order valence-corrected chi connectivity index (χ3v) is 4.74. The van der Waals surface area contributed by atoms with Crippen molar-refractivity contribution in [2.75, 3.05) is 6.61 Å². The van der Waals surface area contributed by atoms with Gasteiger partial charge in [0.05, 0.1) is 5.92 Å². The molecule has 114 valence electrons. The van der Waals surface area contributed by atoms with Crippen molar-refractivity contribution in [1.29, 1.82) is 0 Å². The number of hydrogen-bond acceptors (Lipinski definition) is 2. The number of rotatable bonds is 2. The summed E-state index contributed by atoms with van der Waals surface area (Å²) in [6.45, 7) is 0.465. The molecular formula is C17H22ClNO2. The molecule has 1 atom stereocenters. The highest BCUT2D eigenvalue weighted by Crippen LogP contribution is 2.30. The fraction of sp³-hybridized carbons (Fsp3) is 0.588. The van der Waals surface area contributed by atoms with Crippen molar-refractivity contribution in [3.05, 3.63) is 28.8 Å². The number of halogens is 1. The van der Waals surface area contributed by atoms with E-state index in [4.69, 9.17) is 16.3 Å². The molecule has 1 unspecified atom stereocenters. The van der Waals surface area contributed by atoms with Gasteiger partial charge in [-0.25, -0.2) is 0 Å². The van der Waals surface area contributed by atoms with Crippen molar-refractivity contribution < 1.29 is 9.53 Å². The van der Waals surface area contributed by atoms with E-state index in [2.05, 4.69) is 5.32 Å². The van der Waals surface area contributed by atoms with Crippen molar-refractivity contribution in [1.82, 2.24) is 5.32 Å². The third-order valence-electron chi connectivity index (χ3n) is 4.50. The molecule has 1 aliphatic heterocycles. The van der Waals surface area contributed by atoms with E-state index in [1.54, 1.807) is 0 Å². The highest BCUT2D eigenvalue weighted by atomic mass is 35.5. The zero-order valence-electron chi connectivity index (χ0n) is 12.2. The molecule has 1 fully saturated rings. The van der Waals surface area contributed by atoms with Crippen LogP contribution in [0.2, 0.25) is 5.02 Å². The summed E-state index contributed by atoms with van der Waals surface area (Å²) in [6, 6.07) is 5.96. The zero-order valence-corrected chi connectivity index (χ0v) is 13.0. The molecule has 1 aromatic carbocycles. The van der Waals surface area contributed by atoms with Gasteiger partial charge in [0, 0.05) is 11.1 Å². The van der Waals surface area contributed by atoms with Crippen LogP contribution in [-0.2, 0) is 11.2 Å². The molecule has 21 heavy (non-hydrogen) atoms. The minimum atomic E-state index is -0.0979. The van der Waals surface area contributed by atoms with E-state index < -0.39 is 0 Å². The molecule has 1 aromatic rings. The standard InChI is InChI=1S/C17H22ClNO2/c18-14-7-8-16-12(10-14)9-13(11-21-16)17(20)19-15-5-3-1-2-4-6-15/h7-8,10,13,15H,1-6,9,11H2,(H,19,20). The molecule has 2 aliphatic rings. The lowest BCUT2D eigenvalue weighted by atomic mass is 9.95. The van der Waals surface area contributed by atoms with Crippen molar-refractivity contribution in [3.8, 4) is 5.75 Å². The molecule has 1 aliphatic carbocycles. The first-order valence-corrected chi connectivity index (χ1v) is 8.32. The van der Waals surface area contributed by atoms with E-state index in [0.29, 0.717) is 24.1 Å². The Hall–Kier alpha value is -1.22. The van der Waals surface area contributed by atoms with Gasteiger partial charge >= 0.3 is 0 Å². The van der Waals surface area contributed by atoms with Gasteiger partial charge in [0.15, 0.2) is 0 Å². The summed E-state index contributed by atoms with van der Waals surface area (Å²) in [5.74, 6) is 0.893. The number of carbonyl (C=O) groups is 1. The van der Waals surface area contributed by atoms with E-state index in [1.165, 1.54) is 25.7 Å². The highest BCUT2D eigenvalue weighted by Gasteiger charge is 2.27. The summed E-state index contributed by atoms with van der Waals surface area (Å²) < 4.78 is 5.71. The van der Waals surface area contributed by atoms with Crippen molar-refractivity contribution in [3.63, 3.8) is 0 Å². The number of hydrogen-bond donors (Lipinski definition) is 1. The Bertz CT molecular complexity index is 510. The van der Waals surface area contributed by atoms with Crippen LogP contribution in [0.1, 0.15) is 44.1 Å². The molecule has 1 heterocycles. The molecule has 3 nitrogen and oxygen atoms in total. The minimum absolute atomic E-state index is 0.0979. The third kappa shape index (κ3) is 3.70. The Labute approximate surface area is 131 Å². The average molecular weight is 308 g/mol. The van der Waals surface area contributed by atoms with Crippen LogP contribution < -0.4 is 10.1 Å². The predicted molar refractivity (Wildman–Crippen MR) is 83.8 cm³/mol. The average Bonchev–Trinajstić information content (AvgIpc) is 2.75. The van der Waals surface area contributed by atoms with Crippen molar-refractivity contribution in [2.24, 2.45) is 5.92 Å². The summed E-state index contributed by atoms with van der Waals surface area (Å²) in [5.41, 5.74) is 1.04. The summed E-state index contributed by atoms with van der Waals surface area (Å²) in [5, 5.41) is 3.92. The van der Waals surface area contributed by atoms with Crippen LogP contribution in [0.15, 0.2) is 18.2 Å². The van der Waals surface area contributed by atoms with Gasteiger partial charge < -0.3 is 10.1 Å². The molecule has 1 amide bonds. The van der Waals surface area contributed by atoms with Gasteiger partial charge in [-0.1, -0.05) is 37.3 Å². The largest absolute Gasteiger partial charge is 0.492 e. The number of benzene rings is 1. The fourth-order valence-electron chi connectivity index (χ4n) is 3.27. The number of fused-ring (bicyclic) bond motifs is 1. The molecule has 1 saturated carbocycles. The smallest absolute Gasteiger partial charge is 0.227 e. The van der Waals surface area contributed by atoms with Crippen molar-refractivity contribution in [2.45, 2.75) is 51.0 Å². The zero-order chi connectivity index (χ0) is 14.7. The van der Waals surface area contributed by atoms with Gasteiger partial charge in [-0.2, -0.15) is 0 Å². The maximum absolute atomic E-state index is 12.4. The van der Waals surface area contributed by atoms with Gasteiger partial charge in [0.1, 0.15) is 12.4 Å². The van der Waals surface area contributed by atoms with Crippen LogP contribution in [0.3, 0.4) is 0 Å². The van der Waals surface area contributed by atoms with Gasteiger partial charge in [-0.3, -0.25) is 4.79 Å². The number of amides is 1. The lowest BCUT2D eigenvalue weighted by molar-refractivity contribution is -0.127. The maximum atomic E-state index is 12.4. The molecule has 0 radical (unpaired) electrons. The van der Waals surface area contributed by atoms with E-state index in [1.807, 2.05) is 18.2 Å². The lowest BCUT2D eigenvalue weighted by Crippen LogP contribution is -2.42. The van der Waals surface area contributed by atoms with Gasteiger partial charge in [-0.15, -0.1) is 0 Å². The van der Waals surface area contributed by atoms with E-state index in [9.17, 15) is 4.79 Å². The second-order valence-electron chi connectivity index (χ2n) is 6.16. The van der Waals surface area contributed by atoms with Crippen LogP contribution in [0.25, 0.3) is 0 Å². The Kier molecular flexibility index (Phi) is 4.69.